The van der Waals surface area contributed by atoms with E-state index in [0.29, 0.717) is 5.56 Å². The summed E-state index contributed by atoms with van der Waals surface area (Å²) in [7, 11) is 1.53. The molecule has 180 valence electrons. The van der Waals surface area contributed by atoms with E-state index in [9.17, 15) is 23.1 Å². The third-order valence-corrected chi connectivity index (χ3v) is 6.04. The number of nitrogens with one attached hydrogen (secondary N) is 2. The summed E-state index contributed by atoms with van der Waals surface area (Å²) >= 11 is 0. The number of alkyl halides is 3. The molecule has 0 radical (unpaired) electrons. The van der Waals surface area contributed by atoms with E-state index in [-0.39, 0.29) is 30.2 Å². The third-order valence-electron chi connectivity index (χ3n) is 6.04. The first-order valence-electron chi connectivity index (χ1n) is 11.0. The molecule has 1 saturated heterocycles. The maximum atomic E-state index is 12.7. The second kappa shape index (κ2) is 9.94. The van der Waals surface area contributed by atoms with Crippen molar-refractivity contribution in [3.8, 4) is 0 Å². The molecule has 4 rings (SSSR count). The molecule has 0 spiro atoms. The monoisotopic (exact) mass is 473 g/mol. The van der Waals surface area contributed by atoms with E-state index >= 15 is 0 Å². The number of aromatic amines is 1. The molecule has 2 aromatic heterocycles. The Balaban J connectivity index is 1.30. The molecule has 1 aliphatic heterocycles. The highest BCUT2D eigenvalue weighted by atomic mass is 19.4. The van der Waals surface area contributed by atoms with Crippen molar-refractivity contribution in [1.82, 2.24) is 25.4 Å². The van der Waals surface area contributed by atoms with Crippen molar-refractivity contribution in [1.29, 1.82) is 0 Å². The number of aliphatic hydroxyl groups is 1. The van der Waals surface area contributed by atoms with Gasteiger partial charge in [0.15, 0.2) is 5.69 Å². The number of pyridine rings is 1. The normalized spacial score (nSPS) is 19.2. The van der Waals surface area contributed by atoms with Crippen molar-refractivity contribution in [2.75, 3.05) is 7.05 Å². The van der Waals surface area contributed by atoms with Gasteiger partial charge < -0.3 is 15.3 Å². The lowest BCUT2D eigenvalue weighted by Gasteiger charge is -2.20. The Morgan fingerprint density at radius 3 is 2.65 bits per heavy atom. The summed E-state index contributed by atoms with van der Waals surface area (Å²) < 4.78 is 38.1. The van der Waals surface area contributed by atoms with Crippen molar-refractivity contribution >= 4 is 5.91 Å². The molecule has 0 saturated carbocycles. The van der Waals surface area contributed by atoms with Crippen LogP contribution in [-0.4, -0.2) is 50.2 Å². The Labute approximate surface area is 195 Å². The number of aromatic nitrogens is 3. The van der Waals surface area contributed by atoms with Gasteiger partial charge in [-0.05, 0) is 49.1 Å². The molecule has 0 aliphatic carbocycles. The molecule has 3 atom stereocenters. The lowest BCUT2D eigenvalue weighted by atomic mass is 10.0. The molecule has 0 bridgehead atoms. The van der Waals surface area contributed by atoms with E-state index in [1.807, 2.05) is 18.2 Å². The number of benzene rings is 1. The van der Waals surface area contributed by atoms with Gasteiger partial charge in [-0.1, -0.05) is 18.2 Å². The SMILES string of the molecule is CN(Cc1cc(C(F)(F)F)n[nH]1)C(=O)c1ccc(C[C@@H]2CC[C@H]([C@H](O)c3cccnc3)N2)cc1. The molecule has 1 amide bonds. The highest BCUT2D eigenvalue weighted by Crippen LogP contribution is 2.28. The number of hydrogen-bond donors (Lipinski definition) is 3. The zero-order chi connectivity index (χ0) is 24.3. The number of H-pyrrole nitrogens is 1. The number of nitrogens with zero attached hydrogens (tertiary/aromatic N) is 3. The molecular formula is C24H26F3N5O2. The van der Waals surface area contributed by atoms with Gasteiger partial charge in [0.05, 0.1) is 18.3 Å². The van der Waals surface area contributed by atoms with Crippen LogP contribution in [0.4, 0.5) is 13.2 Å². The molecule has 1 aliphatic rings. The fraction of sp³-hybridized carbons (Fsp3) is 0.375. The molecule has 1 aromatic carbocycles. The predicted octanol–water partition coefficient (Wildman–Crippen LogP) is 3.49. The Hall–Kier alpha value is -3.24. The predicted molar refractivity (Wildman–Crippen MR) is 119 cm³/mol. The van der Waals surface area contributed by atoms with Gasteiger partial charge in [-0.15, -0.1) is 0 Å². The largest absolute Gasteiger partial charge is 0.435 e. The van der Waals surface area contributed by atoms with Gasteiger partial charge in [0.2, 0.25) is 0 Å². The third kappa shape index (κ3) is 5.63. The van der Waals surface area contributed by atoms with Crippen LogP contribution in [0.15, 0.2) is 54.9 Å². The van der Waals surface area contributed by atoms with Gasteiger partial charge in [-0.2, -0.15) is 18.3 Å². The van der Waals surface area contributed by atoms with Crippen molar-refractivity contribution in [2.45, 2.75) is 50.2 Å². The van der Waals surface area contributed by atoms with Crippen molar-refractivity contribution in [3.63, 3.8) is 0 Å². The fourth-order valence-corrected chi connectivity index (χ4v) is 4.25. The second-order valence-electron chi connectivity index (χ2n) is 8.62. The van der Waals surface area contributed by atoms with E-state index in [1.165, 1.54) is 11.9 Å². The molecule has 0 unspecified atom stereocenters. The summed E-state index contributed by atoms with van der Waals surface area (Å²) in [6.45, 7) is -0.0176. The first kappa shape index (κ1) is 23.9. The molecule has 10 heteroatoms. The van der Waals surface area contributed by atoms with Gasteiger partial charge in [-0.3, -0.25) is 14.9 Å². The number of carbonyl (C=O) groups is 1. The van der Waals surface area contributed by atoms with E-state index in [1.54, 1.807) is 30.6 Å². The number of aliphatic hydroxyl groups excluding tert-OH is 1. The average Bonchev–Trinajstić information content (AvgIpc) is 3.49. The zero-order valence-corrected chi connectivity index (χ0v) is 18.6. The lowest BCUT2D eigenvalue weighted by molar-refractivity contribution is -0.141. The first-order valence-corrected chi connectivity index (χ1v) is 11.0. The average molecular weight is 473 g/mol. The maximum Gasteiger partial charge on any atom is 0.435 e. The minimum atomic E-state index is -4.53. The number of rotatable bonds is 7. The molecule has 34 heavy (non-hydrogen) atoms. The summed E-state index contributed by atoms with van der Waals surface area (Å²) in [6.07, 6.45) is 0.743. The topological polar surface area (TPSA) is 94.1 Å². The standard InChI is InChI=1S/C24H26F3N5O2/c1-32(14-19-12-21(31-30-19)24(25,26)27)23(34)16-6-4-15(5-7-16)11-18-8-9-20(29-18)22(33)17-3-2-10-28-13-17/h2-7,10,12-13,18,20,22,29,33H,8-9,11,14H2,1H3,(H,30,31)/t18-,20+,22+/m0/s1. The van der Waals surface area contributed by atoms with Gasteiger partial charge in [0.1, 0.15) is 0 Å². The minimum absolute atomic E-state index is 0.0176. The fourth-order valence-electron chi connectivity index (χ4n) is 4.25. The first-order chi connectivity index (χ1) is 16.2. The number of halogens is 3. The Bertz CT molecular complexity index is 1100. The van der Waals surface area contributed by atoms with Crippen molar-refractivity contribution < 1.29 is 23.1 Å². The van der Waals surface area contributed by atoms with E-state index in [0.717, 1.165) is 36.5 Å². The van der Waals surface area contributed by atoms with Crippen LogP contribution in [0.1, 0.15) is 51.8 Å². The summed E-state index contributed by atoms with van der Waals surface area (Å²) in [6, 6.07) is 11.9. The van der Waals surface area contributed by atoms with Crippen LogP contribution >= 0.6 is 0 Å². The smallest absolute Gasteiger partial charge is 0.387 e. The Morgan fingerprint density at radius 2 is 2.00 bits per heavy atom. The highest BCUT2D eigenvalue weighted by molar-refractivity contribution is 5.94. The summed E-state index contributed by atoms with van der Waals surface area (Å²) in [5.41, 5.74) is 1.48. The molecule has 1 fully saturated rings. The van der Waals surface area contributed by atoms with E-state index in [2.05, 4.69) is 20.5 Å². The second-order valence-corrected chi connectivity index (χ2v) is 8.62. The Kier molecular flexibility index (Phi) is 6.99. The molecule has 7 nitrogen and oxygen atoms in total. The van der Waals surface area contributed by atoms with Crippen LogP contribution in [0.5, 0.6) is 0 Å². The van der Waals surface area contributed by atoms with Gasteiger partial charge >= 0.3 is 6.18 Å². The lowest BCUT2D eigenvalue weighted by Crippen LogP contribution is -2.35. The maximum absolute atomic E-state index is 12.7. The van der Waals surface area contributed by atoms with E-state index in [4.69, 9.17) is 0 Å². The van der Waals surface area contributed by atoms with Gasteiger partial charge in [0.25, 0.3) is 5.91 Å². The minimum Gasteiger partial charge on any atom is -0.387 e. The summed E-state index contributed by atoms with van der Waals surface area (Å²) in [4.78, 5) is 18.1. The molecule has 3 heterocycles. The van der Waals surface area contributed by atoms with Crippen molar-refractivity contribution in [2.24, 2.45) is 0 Å². The highest BCUT2D eigenvalue weighted by Gasteiger charge is 2.34. The number of amides is 1. The Morgan fingerprint density at radius 1 is 1.24 bits per heavy atom. The van der Waals surface area contributed by atoms with E-state index < -0.39 is 18.0 Å². The zero-order valence-electron chi connectivity index (χ0n) is 18.6. The molecule has 3 aromatic rings. The van der Waals surface area contributed by atoms with Crippen LogP contribution in [-0.2, 0) is 19.1 Å². The number of carbonyl (C=O) groups excluding carboxylic acids is 1. The van der Waals surface area contributed by atoms with Crippen LogP contribution in [0.25, 0.3) is 0 Å². The van der Waals surface area contributed by atoms with Crippen molar-refractivity contribution in [3.05, 3.63) is 82.9 Å². The van der Waals surface area contributed by atoms with Crippen LogP contribution in [0, 0.1) is 0 Å². The quantitative estimate of drug-likeness (QED) is 0.489. The number of hydrogen-bond acceptors (Lipinski definition) is 5. The molecule has 3 N–H and O–H groups in total. The summed E-state index contributed by atoms with van der Waals surface area (Å²) in [5.74, 6) is -0.298. The van der Waals surface area contributed by atoms with Crippen LogP contribution in [0.3, 0.4) is 0 Å². The molecular weight excluding hydrogens is 447 g/mol. The summed E-state index contributed by atoms with van der Waals surface area (Å²) in [5, 5.41) is 19.7. The van der Waals surface area contributed by atoms with Gasteiger partial charge in [-0.25, -0.2) is 0 Å². The van der Waals surface area contributed by atoms with Crippen LogP contribution < -0.4 is 5.32 Å². The van der Waals surface area contributed by atoms with Gasteiger partial charge in [0, 0.05) is 42.7 Å². The van der Waals surface area contributed by atoms with Crippen LogP contribution in [0.2, 0.25) is 0 Å².